The molecule has 126 valence electrons. The molecule has 1 heterocycles. The van der Waals surface area contributed by atoms with Gasteiger partial charge in [-0.3, -0.25) is 14.5 Å². The van der Waals surface area contributed by atoms with E-state index in [4.69, 9.17) is 0 Å². The Morgan fingerprint density at radius 2 is 1.73 bits per heavy atom. The molecule has 1 saturated heterocycles. The van der Waals surface area contributed by atoms with Crippen LogP contribution in [0.5, 0.6) is 0 Å². The number of likely N-dealkylation sites (N-methyl/N-ethyl adjacent to an activating group) is 2. The van der Waals surface area contributed by atoms with Crippen LogP contribution in [0.15, 0.2) is 0 Å². The zero-order valence-corrected chi connectivity index (χ0v) is 14.4. The number of hydrogen-bond acceptors (Lipinski definition) is 3. The first kappa shape index (κ1) is 17.3. The van der Waals surface area contributed by atoms with Crippen molar-refractivity contribution in [3.8, 4) is 0 Å². The summed E-state index contributed by atoms with van der Waals surface area (Å²) in [7, 11) is 3.59. The molecule has 0 spiro atoms. The Morgan fingerprint density at radius 3 is 2.32 bits per heavy atom. The van der Waals surface area contributed by atoms with Crippen LogP contribution in [-0.2, 0) is 9.59 Å². The summed E-state index contributed by atoms with van der Waals surface area (Å²) in [5.74, 6) is 0.332. The summed E-state index contributed by atoms with van der Waals surface area (Å²) >= 11 is 0. The van der Waals surface area contributed by atoms with Crippen molar-refractivity contribution < 1.29 is 9.59 Å². The molecule has 1 saturated carbocycles. The zero-order valence-electron chi connectivity index (χ0n) is 14.4. The van der Waals surface area contributed by atoms with E-state index in [-0.39, 0.29) is 17.9 Å². The minimum Gasteiger partial charge on any atom is -0.347 e. The van der Waals surface area contributed by atoms with Crippen LogP contribution in [0.3, 0.4) is 0 Å². The first-order valence-electron chi connectivity index (χ1n) is 8.79. The normalized spacial score (nSPS) is 23.5. The molecule has 0 aromatic rings. The van der Waals surface area contributed by atoms with E-state index in [1.165, 1.54) is 19.3 Å². The first-order chi connectivity index (χ1) is 10.5. The fourth-order valence-corrected chi connectivity index (χ4v) is 3.89. The number of carbonyl (C=O) groups is 2. The van der Waals surface area contributed by atoms with Gasteiger partial charge in [-0.05, 0) is 39.2 Å². The lowest BCUT2D eigenvalue weighted by Crippen LogP contribution is -2.50. The zero-order chi connectivity index (χ0) is 16.1. The van der Waals surface area contributed by atoms with E-state index in [2.05, 4.69) is 16.7 Å². The molecule has 1 aliphatic heterocycles. The molecule has 0 bridgehead atoms. The van der Waals surface area contributed by atoms with E-state index >= 15 is 0 Å². The minimum absolute atomic E-state index is 0.107. The lowest BCUT2D eigenvalue weighted by molar-refractivity contribution is -0.138. The van der Waals surface area contributed by atoms with Crippen molar-refractivity contribution in [1.29, 1.82) is 0 Å². The fourth-order valence-electron chi connectivity index (χ4n) is 3.89. The monoisotopic (exact) mass is 309 g/mol. The van der Waals surface area contributed by atoms with Crippen LogP contribution >= 0.6 is 0 Å². The largest absolute Gasteiger partial charge is 0.347 e. The first-order valence-corrected chi connectivity index (χ1v) is 8.79. The second-order valence-corrected chi connectivity index (χ2v) is 6.83. The van der Waals surface area contributed by atoms with Crippen LogP contribution < -0.4 is 0 Å². The van der Waals surface area contributed by atoms with E-state index < -0.39 is 0 Å². The Kier molecular flexibility index (Phi) is 6.24. The lowest BCUT2D eigenvalue weighted by Gasteiger charge is -2.35. The van der Waals surface area contributed by atoms with Gasteiger partial charge < -0.3 is 9.80 Å². The van der Waals surface area contributed by atoms with Gasteiger partial charge in [-0.15, -0.1) is 0 Å². The minimum atomic E-state index is -0.107. The van der Waals surface area contributed by atoms with Crippen LogP contribution in [0.25, 0.3) is 0 Å². The maximum atomic E-state index is 12.7. The van der Waals surface area contributed by atoms with Crippen molar-refractivity contribution in [2.24, 2.45) is 0 Å². The van der Waals surface area contributed by atoms with Crippen LogP contribution in [0.2, 0.25) is 0 Å². The Labute approximate surface area is 134 Å². The topological polar surface area (TPSA) is 43.9 Å². The fraction of sp³-hybridized carbons (Fsp3) is 0.882. The highest BCUT2D eigenvalue weighted by atomic mass is 16.2. The second kappa shape index (κ2) is 7.95. The Balaban J connectivity index is 1.95. The van der Waals surface area contributed by atoms with Crippen molar-refractivity contribution in [1.82, 2.24) is 14.7 Å². The van der Waals surface area contributed by atoms with Gasteiger partial charge in [0.05, 0.1) is 12.6 Å². The molecule has 1 aliphatic carbocycles. The molecule has 5 heteroatoms. The second-order valence-electron chi connectivity index (χ2n) is 6.83. The highest BCUT2D eigenvalue weighted by Gasteiger charge is 2.34. The molecule has 2 rings (SSSR count). The molecule has 0 radical (unpaired) electrons. The summed E-state index contributed by atoms with van der Waals surface area (Å²) in [5.41, 5.74) is 0. The van der Waals surface area contributed by atoms with Crippen LogP contribution in [0.1, 0.15) is 51.9 Å². The van der Waals surface area contributed by atoms with Crippen LogP contribution in [0, 0.1) is 0 Å². The van der Waals surface area contributed by atoms with Gasteiger partial charge in [0.25, 0.3) is 0 Å². The molecule has 1 atom stereocenters. The lowest BCUT2D eigenvalue weighted by atomic mass is 9.94. The summed E-state index contributed by atoms with van der Waals surface area (Å²) in [5, 5.41) is 0. The average molecular weight is 309 g/mol. The predicted molar refractivity (Wildman–Crippen MR) is 87.5 cm³/mol. The number of likely N-dealkylation sites (tertiary alicyclic amines) is 1. The van der Waals surface area contributed by atoms with Gasteiger partial charge in [-0.1, -0.05) is 19.3 Å². The molecule has 0 aromatic carbocycles. The number of nitrogens with zero attached hydrogens (tertiary/aromatic N) is 3. The Bertz CT molecular complexity index is 391. The van der Waals surface area contributed by atoms with Crippen molar-refractivity contribution in [2.45, 2.75) is 64.0 Å². The van der Waals surface area contributed by atoms with E-state index in [1.54, 1.807) is 19.0 Å². The van der Waals surface area contributed by atoms with Gasteiger partial charge in [0.1, 0.15) is 0 Å². The summed E-state index contributed by atoms with van der Waals surface area (Å²) < 4.78 is 0. The number of rotatable bonds is 5. The van der Waals surface area contributed by atoms with Crippen LogP contribution in [-0.4, -0.2) is 72.3 Å². The number of amides is 2. The van der Waals surface area contributed by atoms with Crippen molar-refractivity contribution in [3.05, 3.63) is 0 Å². The maximum Gasteiger partial charge on any atom is 0.239 e. The smallest absolute Gasteiger partial charge is 0.239 e. The van der Waals surface area contributed by atoms with E-state index in [9.17, 15) is 9.59 Å². The van der Waals surface area contributed by atoms with Crippen molar-refractivity contribution in [3.63, 3.8) is 0 Å². The molecule has 2 fully saturated rings. The van der Waals surface area contributed by atoms with Gasteiger partial charge in [0.15, 0.2) is 0 Å². The van der Waals surface area contributed by atoms with E-state index in [1.807, 2.05) is 0 Å². The van der Waals surface area contributed by atoms with Gasteiger partial charge in [-0.25, -0.2) is 0 Å². The van der Waals surface area contributed by atoms with Crippen molar-refractivity contribution >= 4 is 11.8 Å². The Hall–Kier alpha value is -1.10. The van der Waals surface area contributed by atoms with Gasteiger partial charge in [0, 0.05) is 26.7 Å². The summed E-state index contributed by atoms with van der Waals surface area (Å²) in [4.78, 5) is 30.7. The van der Waals surface area contributed by atoms with Gasteiger partial charge in [-0.2, -0.15) is 0 Å². The molecule has 0 N–H and O–H groups in total. The third kappa shape index (κ3) is 4.00. The summed E-state index contributed by atoms with van der Waals surface area (Å²) in [6, 6.07) is 0.306. The maximum absolute atomic E-state index is 12.7. The SMILES string of the molecule is CCN(C(=O)CN1CCCC1C(=O)N(C)C)C1CCCCC1. The molecule has 22 heavy (non-hydrogen) atoms. The molecule has 1 unspecified atom stereocenters. The molecule has 5 nitrogen and oxygen atoms in total. The van der Waals surface area contributed by atoms with Gasteiger partial charge in [0.2, 0.25) is 11.8 Å². The quantitative estimate of drug-likeness (QED) is 0.777. The summed E-state index contributed by atoms with van der Waals surface area (Å²) in [6.45, 7) is 4.11. The van der Waals surface area contributed by atoms with Crippen LogP contribution in [0.4, 0.5) is 0 Å². The number of hydrogen-bond donors (Lipinski definition) is 0. The van der Waals surface area contributed by atoms with Gasteiger partial charge >= 0.3 is 0 Å². The highest BCUT2D eigenvalue weighted by molar-refractivity contribution is 5.84. The molecule has 2 aliphatic rings. The van der Waals surface area contributed by atoms with E-state index in [0.29, 0.717) is 12.6 Å². The third-order valence-electron chi connectivity index (χ3n) is 5.10. The molecular weight excluding hydrogens is 278 g/mol. The molecule has 2 amide bonds. The average Bonchev–Trinajstić information content (AvgIpc) is 2.96. The molecule has 0 aromatic heterocycles. The molecular formula is C17H31N3O2. The number of carbonyl (C=O) groups excluding carboxylic acids is 2. The van der Waals surface area contributed by atoms with E-state index in [0.717, 1.165) is 38.8 Å². The summed E-state index contributed by atoms with van der Waals surface area (Å²) in [6.07, 6.45) is 7.93. The predicted octanol–water partition coefficient (Wildman–Crippen LogP) is 1.72. The Morgan fingerprint density at radius 1 is 1.05 bits per heavy atom. The highest BCUT2D eigenvalue weighted by Crippen LogP contribution is 2.24. The third-order valence-corrected chi connectivity index (χ3v) is 5.10. The standard InChI is InChI=1S/C17H31N3O2/c1-4-20(14-9-6-5-7-10-14)16(21)13-19-12-8-11-15(19)17(22)18(2)3/h14-15H,4-13H2,1-3H3. The van der Waals surface area contributed by atoms with Crippen molar-refractivity contribution in [2.75, 3.05) is 33.7 Å².